The molecule has 66 valence electrons. The fraction of sp³-hybridized carbons (Fsp3) is 0.875. The molecule has 0 rings (SSSR count). The average molecular weight is 158 g/mol. The van der Waals surface area contributed by atoms with E-state index in [1.807, 2.05) is 6.92 Å². The molecule has 3 N–H and O–H groups in total. The summed E-state index contributed by atoms with van der Waals surface area (Å²) in [6, 6.07) is 0.271. The third kappa shape index (κ3) is 4.79. The van der Waals surface area contributed by atoms with E-state index in [9.17, 15) is 4.79 Å². The molecule has 0 aliphatic heterocycles. The second-order valence-corrected chi connectivity index (χ2v) is 2.60. The van der Waals surface area contributed by atoms with Crippen LogP contribution in [0.2, 0.25) is 0 Å². The maximum Gasteiger partial charge on any atom is 0.219 e. The van der Waals surface area contributed by atoms with Gasteiger partial charge < -0.3 is 11.1 Å². The highest BCUT2D eigenvalue weighted by atomic mass is 16.1. The molecule has 0 heterocycles. The lowest BCUT2D eigenvalue weighted by atomic mass is 10.1. The molecule has 1 amide bonds. The summed E-state index contributed by atoms with van der Waals surface area (Å²) in [4.78, 5) is 10.9. The van der Waals surface area contributed by atoms with Gasteiger partial charge in [0.2, 0.25) is 5.91 Å². The quantitative estimate of drug-likeness (QED) is 0.617. The first-order valence-electron chi connectivity index (χ1n) is 4.24. The van der Waals surface area contributed by atoms with E-state index in [0.29, 0.717) is 13.0 Å². The van der Waals surface area contributed by atoms with Crippen molar-refractivity contribution in [3.63, 3.8) is 0 Å². The second kappa shape index (κ2) is 6.16. The van der Waals surface area contributed by atoms with E-state index in [-0.39, 0.29) is 11.9 Å². The minimum Gasteiger partial charge on any atom is -0.353 e. The summed E-state index contributed by atoms with van der Waals surface area (Å²) in [6.07, 6.45) is 2.40. The summed E-state index contributed by atoms with van der Waals surface area (Å²) < 4.78 is 0. The summed E-state index contributed by atoms with van der Waals surface area (Å²) >= 11 is 0. The van der Waals surface area contributed by atoms with Crippen molar-refractivity contribution < 1.29 is 4.79 Å². The first-order valence-corrected chi connectivity index (χ1v) is 4.24. The van der Waals surface area contributed by atoms with Crippen LogP contribution in [0.5, 0.6) is 0 Å². The summed E-state index contributed by atoms with van der Waals surface area (Å²) in [6.45, 7) is 4.54. The van der Waals surface area contributed by atoms with Gasteiger partial charge in [-0.25, -0.2) is 0 Å². The summed E-state index contributed by atoms with van der Waals surface area (Å²) in [5.41, 5.74) is 5.37. The molecule has 0 saturated heterocycles. The van der Waals surface area contributed by atoms with E-state index in [0.717, 1.165) is 12.8 Å². The molecule has 0 radical (unpaired) electrons. The number of nitrogens with one attached hydrogen (secondary N) is 1. The van der Waals surface area contributed by atoms with Crippen molar-refractivity contribution in [2.45, 2.75) is 39.2 Å². The second-order valence-electron chi connectivity index (χ2n) is 2.60. The van der Waals surface area contributed by atoms with Crippen molar-refractivity contribution in [2.24, 2.45) is 5.73 Å². The van der Waals surface area contributed by atoms with Crippen LogP contribution in [0.3, 0.4) is 0 Å². The van der Waals surface area contributed by atoms with Crippen LogP contribution in [-0.2, 0) is 4.79 Å². The zero-order valence-electron chi connectivity index (χ0n) is 7.39. The number of hydrogen-bond acceptors (Lipinski definition) is 2. The Labute approximate surface area is 68.3 Å². The molecule has 0 aromatic heterocycles. The Morgan fingerprint density at radius 2 is 2.18 bits per heavy atom. The topological polar surface area (TPSA) is 55.1 Å². The molecule has 0 aliphatic carbocycles. The lowest BCUT2D eigenvalue weighted by Crippen LogP contribution is -2.35. The van der Waals surface area contributed by atoms with Crippen LogP contribution in [0.25, 0.3) is 0 Å². The van der Waals surface area contributed by atoms with Crippen LogP contribution in [0.15, 0.2) is 0 Å². The highest BCUT2D eigenvalue weighted by Crippen LogP contribution is 1.95. The molecule has 3 nitrogen and oxygen atoms in total. The molecule has 0 spiro atoms. The van der Waals surface area contributed by atoms with Crippen molar-refractivity contribution in [1.29, 1.82) is 0 Å². The third-order valence-electron chi connectivity index (χ3n) is 1.69. The standard InChI is InChI=1S/C8H18N2O/c1-3-7(5-6-9)10-8(11)4-2/h7H,3-6,9H2,1-2H3,(H,10,11). The molecule has 0 saturated carbocycles. The maximum atomic E-state index is 10.9. The average Bonchev–Trinajstić information content (AvgIpc) is 2.03. The largest absolute Gasteiger partial charge is 0.353 e. The molecule has 0 aliphatic rings. The van der Waals surface area contributed by atoms with Gasteiger partial charge in [0, 0.05) is 12.5 Å². The molecular weight excluding hydrogens is 140 g/mol. The molecular formula is C8H18N2O. The number of carbonyl (C=O) groups excluding carboxylic acids is 1. The minimum atomic E-state index is 0.116. The number of hydrogen-bond donors (Lipinski definition) is 2. The fourth-order valence-corrected chi connectivity index (χ4v) is 0.909. The van der Waals surface area contributed by atoms with Crippen LogP contribution in [0, 0.1) is 0 Å². The van der Waals surface area contributed by atoms with Gasteiger partial charge in [0.25, 0.3) is 0 Å². The van der Waals surface area contributed by atoms with Crippen LogP contribution >= 0.6 is 0 Å². The van der Waals surface area contributed by atoms with E-state index in [1.165, 1.54) is 0 Å². The molecule has 0 fully saturated rings. The van der Waals surface area contributed by atoms with E-state index in [4.69, 9.17) is 5.73 Å². The van der Waals surface area contributed by atoms with Crippen molar-refractivity contribution in [3.05, 3.63) is 0 Å². The van der Waals surface area contributed by atoms with Gasteiger partial charge in [-0.2, -0.15) is 0 Å². The van der Waals surface area contributed by atoms with Gasteiger partial charge in [0.05, 0.1) is 0 Å². The Morgan fingerprint density at radius 1 is 1.55 bits per heavy atom. The molecule has 3 heteroatoms. The number of rotatable bonds is 5. The van der Waals surface area contributed by atoms with E-state index < -0.39 is 0 Å². The molecule has 0 aromatic carbocycles. The van der Waals surface area contributed by atoms with Gasteiger partial charge in [-0.05, 0) is 19.4 Å². The van der Waals surface area contributed by atoms with Crippen LogP contribution in [0.4, 0.5) is 0 Å². The van der Waals surface area contributed by atoms with Crippen molar-refractivity contribution in [1.82, 2.24) is 5.32 Å². The Hall–Kier alpha value is -0.570. The zero-order valence-corrected chi connectivity index (χ0v) is 7.39. The Kier molecular flexibility index (Phi) is 5.84. The Bertz CT molecular complexity index is 115. The van der Waals surface area contributed by atoms with Gasteiger partial charge in [-0.15, -0.1) is 0 Å². The highest BCUT2D eigenvalue weighted by Gasteiger charge is 2.06. The summed E-state index contributed by atoms with van der Waals surface area (Å²) in [7, 11) is 0. The normalized spacial score (nSPS) is 12.6. The van der Waals surface area contributed by atoms with Crippen molar-refractivity contribution in [2.75, 3.05) is 6.54 Å². The lowest BCUT2D eigenvalue weighted by molar-refractivity contribution is -0.121. The van der Waals surface area contributed by atoms with Crippen LogP contribution in [-0.4, -0.2) is 18.5 Å². The van der Waals surface area contributed by atoms with Crippen LogP contribution in [0.1, 0.15) is 33.1 Å². The number of carbonyl (C=O) groups is 1. The van der Waals surface area contributed by atoms with Crippen LogP contribution < -0.4 is 11.1 Å². The summed E-state index contributed by atoms with van der Waals surface area (Å²) in [5.74, 6) is 0.116. The highest BCUT2D eigenvalue weighted by molar-refractivity contribution is 5.75. The zero-order chi connectivity index (χ0) is 8.69. The molecule has 0 bridgehead atoms. The Balaban J connectivity index is 3.58. The molecule has 1 unspecified atom stereocenters. The molecule has 1 atom stereocenters. The van der Waals surface area contributed by atoms with Gasteiger partial charge in [0.1, 0.15) is 0 Å². The van der Waals surface area contributed by atoms with E-state index in [1.54, 1.807) is 0 Å². The summed E-state index contributed by atoms with van der Waals surface area (Å²) in [5, 5.41) is 2.90. The van der Waals surface area contributed by atoms with Crippen molar-refractivity contribution >= 4 is 5.91 Å². The van der Waals surface area contributed by atoms with E-state index in [2.05, 4.69) is 12.2 Å². The molecule has 0 aromatic rings. The monoisotopic (exact) mass is 158 g/mol. The first kappa shape index (κ1) is 10.4. The lowest BCUT2D eigenvalue weighted by Gasteiger charge is -2.14. The maximum absolute atomic E-state index is 10.9. The van der Waals surface area contributed by atoms with Gasteiger partial charge in [0.15, 0.2) is 0 Å². The third-order valence-corrected chi connectivity index (χ3v) is 1.69. The van der Waals surface area contributed by atoms with Gasteiger partial charge in [-0.3, -0.25) is 4.79 Å². The smallest absolute Gasteiger partial charge is 0.219 e. The number of nitrogens with two attached hydrogens (primary N) is 1. The SMILES string of the molecule is CCC(=O)NC(CC)CCN. The predicted octanol–water partition coefficient (Wildman–Crippen LogP) is 0.640. The predicted molar refractivity (Wildman–Crippen MR) is 46.2 cm³/mol. The van der Waals surface area contributed by atoms with Gasteiger partial charge in [-0.1, -0.05) is 13.8 Å². The first-order chi connectivity index (χ1) is 5.24. The fourth-order valence-electron chi connectivity index (χ4n) is 0.909. The van der Waals surface area contributed by atoms with Gasteiger partial charge >= 0.3 is 0 Å². The number of amides is 1. The van der Waals surface area contributed by atoms with Crippen molar-refractivity contribution in [3.8, 4) is 0 Å². The minimum absolute atomic E-state index is 0.116. The Morgan fingerprint density at radius 3 is 2.55 bits per heavy atom. The molecule has 11 heavy (non-hydrogen) atoms. The van der Waals surface area contributed by atoms with E-state index >= 15 is 0 Å².